The summed E-state index contributed by atoms with van der Waals surface area (Å²) in [6, 6.07) is 8.75. The van der Waals surface area contributed by atoms with Crippen molar-refractivity contribution in [1.29, 1.82) is 5.26 Å². The number of isocyanates is 1. The Bertz CT molecular complexity index is 408. The van der Waals surface area contributed by atoms with Crippen molar-refractivity contribution in [3.63, 3.8) is 0 Å². The molecule has 0 saturated carbocycles. The van der Waals surface area contributed by atoms with Crippen LogP contribution in [0.4, 0.5) is 0 Å². The maximum atomic E-state index is 10.1. The van der Waals surface area contributed by atoms with Gasteiger partial charge in [0, 0.05) is 0 Å². The van der Waals surface area contributed by atoms with E-state index in [-0.39, 0.29) is 0 Å². The number of rotatable bonds is 3. The van der Waals surface area contributed by atoms with Gasteiger partial charge in [0.25, 0.3) is 0 Å². The number of benzene rings is 1. The van der Waals surface area contributed by atoms with Crippen LogP contribution in [-0.4, -0.2) is 6.08 Å². The fourth-order valence-corrected chi connectivity index (χ4v) is 1.29. The fourth-order valence-electron chi connectivity index (χ4n) is 1.29. The van der Waals surface area contributed by atoms with Crippen LogP contribution in [-0.2, 0) is 4.79 Å². The topological polar surface area (TPSA) is 53.2 Å². The summed E-state index contributed by atoms with van der Waals surface area (Å²) in [5.74, 6) is 0.453. The van der Waals surface area contributed by atoms with Gasteiger partial charge in [-0.1, -0.05) is 38.1 Å². The maximum absolute atomic E-state index is 10.1. The second-order valence-corrected chi connectivity index (χ2v) is 3.57. The van der Waals surface area contributed by atoms with Crippen molar-refractivity contribution in [2.75, 3.05) is 0 Å². The molecule has 1 unspecified atom stereocenters. The van der Waals surface area contributed by atoms with Crippen molar-refractivity contribution in [1.82, 2.24) is 0 Å². The highest BCUT2D eigenvalue weighted by Crippen LogP contribution is 2.20. The average molecular weight is 200 g/mol. The first-order valence-corrected chi connectivity index (χ1v) is 4.75. The van der Waals surface area contributed by atoms with Crippen molar-refractivity contribution >= 4 is 6.08 Å². The summed E-state index contributed by atoms with van der Waals surface area (Å²) in [7, 11) is 0. The molecule has 1 aromatic rings. The molecule has 0 N–H and O–H groups in total. The van der Waals surface area contributed by atoms with Gasteiger partial charge in [-0.2, -0.15) is 10.3 Å². The van der Waals surface area contributed by atoms with Crippen LogP contribution in [0, 0.1) is 11.3 Å². The van der Waals surface area contributed by atoms with E-state index in [0.29, 0.717) is 5.92 Å². The monoisotopic (exact) mass is 200 g/mol. The number of aliphatic imine (C=N–C) groups is 1. The highest BCUT2D eigenvalue weighted by atomic mass is 16.1. The predicted octanol–water partition coefficient (Wildman–Crippen LogP) is 2.71. The average Bonchev–Trinajstić information content (AvgIpc) is 2.26. The third-order valence-electron chi connectivity index (χ3n) is 2.22. The second-order valence-electron chi connectivity index (χ2n) is 3.57. The standard InChI is InChI=1S/C12H12N2O/c1-9(2)10-3-5-11(6-4-10)12(7-13)14-8-15/h3-6,9,12H,1-2H3. The van der Waals surface area contributed by atoms with Gasteiger partial charge in [-0.3, -0.25) is 0 Å². The first kappa shape index (κ1) is 11.2. The van der Waals surface area contributed by atoms with E-state index in [9.17, 15) is 4.79 Å². The Balaban J connectivity index is 2.98. The van der Waals surface area contributed by atoms with Gasteiger partial charge in [0.1, 0.15) is 0 Å². The normalized spacial score (nSPS) is 11.6. The van der Waals surface area contributed by atoms with E-state index in [1.807, 2.05) is 30.3 Å². The molecule has 1 aromatic carbocycles. The Morgan fingerprint density at radius 1 is 1.20 bits per heavy atom. The SMILES string of the molecule is CC(C)c1ccc(C(C#N)N=C=O)cc1. The van der Waals surface area contributed by atoms with E-state index in [4.69, 9.17) is 5.26 Å². The summed E-state index contributed by atoms with van der Waals surface area (Å²) in [5, 5.41) is 8.77. The van der Waals surface area contributed by atoms with Crippen molar-refractivity contribution in [2.45, 2.75) is 25.8 Å². The van der Waals surface area contributed by atoms with E-state index >= 15 is 0 Å². The minimum absolute atomic E-state index is 0.453. The van der Waals surface area contributed by atoms with Gasteiger partial charge in [-0.05, 0) is 17.0 Å². The largest absolute Gasteiger partial charge is 0.236 e. The van der Waals surface area contributed by atoms with Gasteiger partial charge in [0.2, 0.25) is 6.08 Å². The maximum Gasteiger partial charge on any atom is 0.236 e. The molecular weight excluding hydrogens is 188 g/mol. The summed E-state index contributed by atoms with van der Waals surface area (Å²) in [4.78, 5) is 13.5. The summed E-state index contributed by atoms with van der Waals surface area (Å²) in [6.07, 6.45) is 1.41. The van der Waals surface area contributed by atoms with Crippen LogP contribution in [0.15, 0.2) is 29.3 Å². The number of hydrogen-bond donors (Lipinski definition) is 0. The van der Waals surface area contributed by atoms with E-state index in [0.717, 1.165) is 5.56 Å². The minimum atomic E-state index is -0.733. The highest BCUT2D eigenvalue weighted by molar-refractivity contribution is 5.38. The molecule has 0 radical (unpaired) electrons. The van der Waals surface area contributed by atoms with Crippen LogP contribution >= 0.6 is 0 Å². The van der Waals surface area contributed by atoms with Crippen molar-refractivity contribution in [3.05, 3.63) is 35.4 Å². The molecule has 0 aliphatic heterocycles. The molecule has 0 spiro atoms. The van der Waals surface area contributed by atoms with Gasteiger partial charge in [-0.25, -0.2) is 4.79 Å². The van der Waals surface area contributed by atoms with E-state index in [2.05, 4.69) is 18.8 Å². The van der Waals surface area contributed by atoms with Crippen molar-refractivity contribution in [2.24, 2.45) is 4.99 Å². The van der Waals surface area contributed by atoms with E-state index < -0.39 is 6.04 Å². The van der Waals surface area contributed by atoms with Crippen molar-refractivity contribution < 1.29 is 4.79 Å². The molecule has 76 valence electrons. The molecular formula is C12H12N2O. The molecule has 0 aliphatic rings. The van der Waals surface area contributed by atoms with E-state index in [1.165, 1.54) is 11.6 Å². The quantitative estimate of drug-likeness (QED) is 0.556. The van der Waals surface area contributed by atoms with Crippen LogP contribution in [0.25, 0.3) is 0 Å². The minimum Gasteiger partial charge on any atom is -0.211 e. The van der Waals surface area contributed by atoms with Gasteiger partial charge in [-0.15, -0.1) is 0 Å². The third-order valence-corrected chi connectivity index (χ3v) is 2.22. The molecule has 3 nitrogen and oxygen atoms in total. The number of nitrogens with zero attached hydrogens (tertiary/aromatic N) is 2. The molecule has 0 bridgehead atoms. The molecule has 0 amide bonds. The number of nitriles is 1. The van der Waals surface area contributed by atoms with Gasteiger partial charge in [0.15, 0.2) is 6.04 Å². The van der Waals surface area contributed by atoms with Crippen LogP contribution in [0.5, 0.6) is 0 Å². The van der Waals surface area contributed by atoms with Gasteiger partial charge in [0.05, 0.1) is 6.07 Å². The highest BCUT2D eigenvalue weighted by Gasteiger charge is 2.08. The molecule has 0 aromatic heterocycles. The zero-order chi connectivity index (χ0) is 11.3. The third kappa shape index (κ3) is 2.77. The number of carbonyl (C=O) groups excluding carboxylic acids is 1. The lowest BCUT2D eigenvalue weighted by molar-refractivity contribution is 0.561. The van der Waals surface area contributed by atoms with E-state index in [1.54, 1.807) is 0 Å². The Kier molecular flexibility index (Phi) is 3.79. The molecule has 0 fully saturated rings. The summed E-state index contributed by atoms with van der Waals surface area (Å²) in [6.45, 7) is 4.20. The van der Waals surface area contributed by atoms with Gasteiger partial charge < -0.3 is 0 Å². The van der Waals surface area contributed by atoms with Crippen LogP contribution in [0.2, 0.25) is 0 Å². The smallest absolute Gasteiger partial charge is 0.211 e. The summed E-state index contributed by atoms with van der Waals surface area (Å²) < 4.78 is 0. The Hall–Kier alpha value is -1.91. The molecule has 0 aliphatic carbocycles. The first-order chi connectivity index (χ1) is 7.19. The number of hydrogen-bond acceptors (Lipinski definition) is 3. The molecule has 1 rings (SSSR count). The lowest BCUT2D eigenvalue weighted by Crippen LogP contribution is -1.93. The summed E-state index contributed by atoms with van der Waals surface area (Å²) >= 11 is 0. The van der Waals surface area contributed by atoms with Crippen molar-refractivity contribution in [3.8, 4) is 6.07 Å². The Labute approximate surface area is 89.1 Å². The Morgan fingerprint density at radius 3 is 2.13 bits per heavy atom. The lowest BCUT2D eigenvalue weighted by atomic mass is 10.00. The molecule has 1 atom stereocenters. The zero-order valence-corrected chi connectivity index (χ0v) is 8.77. The van der Waals surface area contributed by atoms with Gasteiger partial charge >= 0.3 is 0 Å². The van der Waals surface area contributed by atoms with Crippen LogP contribution in [0.1, 0.15) is 36.9 Å². The fraction of sp³-hybridized carbons (Fsp3) is 0.333. The summed E-state index contributed by atoms with van der Waals surface area (Å²) in [5.41, 5.74) is 1.93. The molecule has 0 saturated heterocycles. The predicted molar refractivity (Wildman–Crippen MR) is 57.0 cm³/mol. The zero-order valence-electron chi connectivity index (χ0n) is 8.77. The first-order valence-electron chi connectivity index (χ1n) is 4.75. The molecule has 0 heterocycles. The molecule has 15 heavy (non-hydrogen) atoms. The lowest BCUT2D eigenvalue weighted by Gasteiger charge is -2.07. The Morgan fingerprint density at radius 2 is 1.73 bits per heavy atom. The molecule has 3 heteroatoms. The van der Waals surface area contributed by atoms with Crippen LogP contribution in [0.3, 0.4) is 0 Å². The van der Waals surface area contributed by atoms with Crippen LogP contribution < -0.4 is 0 Å². The second kappa shape index (κ2) is 5.09.